The summed E-state index contributed by atoms with van der Waals surface area (Å²) >= 11 is 0. The minimum atomic E-state index is -0.403. The average molecular weight is 246 g/mol. The van der Waals surface area contributed by atoms with E-state index in [1.807, 2.05) is 12.1 Å². The number of hydrogen-bond donors (Lipinski definition) is 2. The van der Waals surface area contributed by atoms with Crippen LogP contribution in [0.1, 0.15) is 16.1 Å². The van der Waals surface area contributed by atoms with Crippen molar-refractivity contribution < 1.29 is 13.9 Å². The number of hydrogen-bond acceptors (Lipinski definition) is 5. The Hall–Kier alpha value is -2.43. The zero-order valence-electron chi connectivity index (χ0n) is 9.97. The van der Waals surface area contributed by atoms with Crippen molar-refractivity contribution in [2.24, 2.45) is 0 Å². The molecule has 0 atom stereocenters. The van der Waals surface area contributed by atoms with Crippen molar-refractivity contribution in [2.75, 3.05) is 18.2 Å². The predicted molar refractivity (Wildman–Crippen MR) is 68.2 cm³/mol. The molecule has 5 heteroatoms. The monoisotopic (exact) mass is 246 g/mol. The Kier molecular flexibility index (Phi) is 3.52. The normalized spacial score (nSPS) is 10.1. The van der Waals surface area contributed by atoms with Crippen LogP contribution in [0.15, 0.2) is 41.0 Å². The van der Waals surface area contributed by atoms with Gasteiger partial charge in [-0.1, -0.05) is 0 Å². The Balaban J connectivity index is 2.08. The molecule has 0 saturated heterocycles. The van der Waals surface area contributed by atoms with Gasteiger partial charge >= 0.3 is 5.97 Å². The number of rotatable bonds is 4. The standard InChI is InChI=1S/C13H14N2O3/c1-17-13(16)9-4-5-12(11(14)7-9)15-8-10-3-2-6-18-10/h2-7,15H,8,14H2,1H3. The first-order valence-electron chi connectivity index (χ1n) is 5.45. The minimum Gasteiger partial charge on any atom is -0.467 e. The van der Waals surface area contributed by atoms with E-state index < -0.39 is 5.97 Å². The molecule has 0 radical (unpaired) electrons. The maximum absolute atomic E-state index is 11.3. The van der Waals surface area contributed by atoms with Gasteiger partial charge in [-0.15, -0.1) is 0 Å². The van der Waals surface area contributed by atoms with Crippen molar-refractivity contribution in [3.05, 3.63) is 47.9 Å². The molecule has 3 N–H and O–H groups in total. The maximum atomic E-state index is 11.3. The highest BCUT2D eigenvalue weighted by Crippen LogP contribution is 2.21. The molecule has 0 spiro atoms. The molecule has 94 valence electrons. The first kappa shape index (κ1) is 12.0. The largest absolute Gasteiger partial charge is 0.467 e. The number of nitrogen functional groups attached to an aromatic ring is 1. The van der Waals surface area contributed by atoms with Gasteiger partial charge in [-0.2, -0.15) is 0 Å². The number of nitrogens with two attached hydrogens (primary N) is 1. The highest BCUT2D eigenvalue weighted by Gasteiger charge is 2.08. The summed E-state index contributed by atoms with van der Waals surface area (Å²) in [6, 6.07) is 8.67. The van der Waals surface area contributed by atoms with Crippen LogP contribution in [-0.4, -0.2) is 13.1 Å². The van der Waals surface area contributed by atoms with E-state index in [9.17, 15) is 4.79 Å². The fraction of sp³-hybridized carbons (Fsp3) is 0.154. The van der Waals surface area contributed by atoms with Gasteiger partial charge in [0.05, 0.1) is 36.9 Å². The molecule has 1 aromatic heterocycles. The van der Waals surface area contributed by atoms with Gasteiger partial charge in [0.15, 0.2) is 0 Å². The number of carbonyl (C=O) groups is 1. The van der Waals surface area contributed by atoms with Crippen LogP contribution >= 0.6 is 0 Å². The number of nitrogens with one attached hydrogen (secondary N) is 1. The fourth-order valence-electron chi connectivity index (χ4n) is 1.56. The second-order valence-electron chi connectivity index (χ2n) is 3.73. The Bertz CT molecular complexity index is 535. The molecule has 0 aliphatic heterocycles. The molecule has 0 aliphatic carbocycles. The number of esters is 1. The molecule has 0 unspecified atom stereocenters. The summed E-state index contributed by atoms with van der Waals surface area (Å²) in [4.78, 5) is 11.3. The molecule has 2 rings (SSSR count). The molecule has 1 heterocycles. The molecule has 0 saturated carbocycles. The molecule has 18 heavy (non-hydrogen) atoms. The third-order valence-electron chi connectivity index (χ3n) is 2.51. The minimum absolute atomic E-state index is 0.403. The molecule has 2 aromatic rings. The molecule has 0 fully saturated rings. The van der Waals surface area contributed by atoms with E-state index in [4.69, 9.17) is 10.2 Å². The first-order chi connectivity index (χ1) is 8.70. The smallest absolute Gasteiger partial charge is 0.337 e. The topological polar surface area (TPSA) is 77.5 Å². The summed E-state index contributed by atoms with van der Waals surface area (Å²) in [7, 11) is 1.33. The average Bonchev–Trinajstić information content (AvgIpc) is 2.89. The number of carbonyl (C=O) groups excluding carboxylic acids is 1. The lowest BCUT2D eigenvalue weighted by molar-refractivity contribution is 0.0601. The molecular weight excluding hydrogens is 232 g/mol. The second-order valence-corrected chi connectivity index (χ2v) is 3.73. The number of anilines is 2. The third kappa shape index (κ3) is 2.63. The summed E-state index contributed by atoms with van der Waals surface area (Å²) in [5, 5.41) is 3.13. The Labute approximate surface area is 105 Å². The number of ether oxygens (including phenoxy) is 1. The SMILES string of the molecule is COC(=O)c1ccc(NCc2ccco2)c(N)c1. The van der Waals surface area contributed by atoms with Gasteiger partial charge in [0.2, 0.25) is 0 Å². The van der Waals surface area contributed by atoms with Crippen LogP contribution in [0.4, 0.5) is 11.4 Å². The van der Waals surface area contributed by atoms with Crippen molar-refractivity contribution in [1.82, 2.24) is 0 Å². The van der Waals surface area contributed by atoms with Crippen LogP contribution in [0.2, 0.25) is 0 Å². The van der Waals surface area contributed by atoms with Gasteiger partial charge in [0.1, 0.15) is 5.76 Å². The highest BCUT2D eigenvalue weighted by atomic mass is 16.5. The quantitative estimate of drug-likeness (QED) is 0.639. The first-order valence-corrected chi connectivity index (χ1v) is 5.45. The summed E-state index contributed by atoms with van der Waals surface area (Å²) < 4.78 is 9.82. The van der Waals surface area contributed by atoms with Crippen LogP contribution in [-0.2, 0) is 11.3 Å². The molecule has 0 amide bonds. The zero-order valence-corrected chi connectivity index (χ0v) is 9.97. The van der Waals surface area contributed by atoms with E-state index in [1.165, 1.54) is 7.11 Å². The van der Waals surface area contributed by atoms with Crippen molar-refractivity contribution in [3.8, 4) is 0 Å². The maximum Gasteiger partial charge on any atom is 0.337 e. The summed E-state index contributed by atoms with van der Waals surface area (Å²) in [6.07, 6.45) is 1.61. The third-order valence-corrected chi connectivity index (χ3v) is 2.51. The summed E-state index contributed by atoms with van der Waals surface area (Å²) in [6.45, 7) is 0.536. The fourth-order valence-corrected chi connectivity index (χ4v) is 1.56. The van der Waals surface area contributed by atoms with Crippen LogP contribution in [0.5, 0.6) is 0 Å². The van der Waals surface area contributed by atoms with Crippen molar-refractivity contribution in [3.63, 3.8) is 0 Å². The van der Waals surface area contributed by atoms with E-state index in [2.05, 4.69) is 10.1 Å². The van der Waals surface area contributed by atoms with Crippen molar-refractivity contribution in [1.29, 1.82) is 0 Å². The molecule has 0 aliphatic rings. The molecule has 5 nitrogen and oxygen atoms in total. The van der Waals surface area contributed by atoms with Gasteiger partial charge in [-0.05, 0) is 30.3 Å². The van der Waals surface area contributed by atoms with Crippen LogP contribution in [0.3, 0.4) is 0 Å². The van der Waals surface area contributed by atoms with Gasteiger partial charge in [0, 0.05) is 0 Å². The molecular formula is C13H14N2O3. The summed E-state index contributed by atoms with van der Waals surface area (Å²) in [5.74, 6) is 0.408. The molecule has 0 bridgehead atoms. The van der Waals surface area contributed by atoms with E-state index in [0.717, 1.165) is 11.4 Å². The van der Waals surface area contributed by atoms with Gasteiger partial charge in [-0.25, -0.2) is 4.79 Å². The number of benzene rings is 1. The lowest BCUT2D eigenvalue weighted by Gasteiger charge is -2.09. The van der Waals surface area contributed by atoms with Gasteiger partial charge < -0.3 is 20.2 Å². The highest BCUT2D eigenvalue weighted by molar-refractivity contribution is 5.91. The van der Waals surface area contributed by atoms with E-state index in [-0.39, 0.29) is 0 Å². The van der Waals surface area contributed by atoms with E-state index in [1.54, 1.807) is 24.5 Å². The Morgan fingerprint density at radius 2 is 2.28 bits per heavy atom. The van der Waals surface area contributed by atoms with Crippen LogP contribution < -0.4 is 11.1 Å². The number of furan rings is 1. The van der Waals surface area contributed by atoms with Crippen LogP contribution in [0.25, 0.3) is 0 Å². The summed E-state index contributed by atoms with van der Waals surface area (Å²) in [5.41, 5.74) is 7.52. The van der Waals surface area contributed by atoms with Crippen LogP contribution in [0, 0.1) is 0 Å². The predicted octanol–water partition coefficient (Wildman–Crippen LogP) is 2.26. The lowest BCUT2D eigenvalue weighted by Crippen LogP contribution is -2.05. The van der Waals surface area contributed by atoms with Crippen molar-refractivity contribution in [2.45, 2.75) is 6.54 Å². The van der Waals surface area contributed by atoms with Gasteiger partial charge in [0.25, 0.3) is 0 Å². The van der Waals surface area contributed by atoms with Crippen molar-refractivity contribution >= 4 is 17.3 Å². The zero-order chi connectivity index (χ0) is 13.0. The van der Waals surface area contributed by atoms with E-state index >= 15 is 0 Å². The van der Waals surface area contributed by atoms with E-state index in [0.29, 0.717) is 17.8 Å². The van der Waals surface area contributed by atoms with Gasteiger partial charge in [-0.3, -0.25) is 0 Å². The Morgan fingerprint density at radius 3 is 2.89 bits per heavy atom. The lowest BCUT2D eigenvalue weighted by atomic mass is 10.1. The molecule has 1 aromatic carbocycles. The second kappa shape index (κ2) is 5.27. The number of methoxy groups -OCH3 is 1. The Morgan fingerprint density at radius 1 is 1.44 bits per heavy atom.